The maximum atomic E-state index is 13.2. The minimum atomic E-state index is -0.725. The topological polar surface area (TPSA) is 82.0 Å². The number of nitrogens with zero attached hydrogens (tertiary/aromatic N) is 1. The molecule has 0 bridgehead atoms. The van der Waals surface area contributed by atoms with Crippen molar-refractivity contribution in [3.05, 3.63) is 70.9 Å². The average molecular weight is 377 g/mol. The number of rotatable bonds is 5. The van der Waals surface area contributed by atoms with Gasteiger partial charge in [0, 0.05) is 22.9 Å². The van der Waals surface area contributed by atoms with E-state index in [-0.39, 0.29) is 12.4 Å². The van der Waals surface area contributed by atoms with E-state index in [9.17, 15) is 9.59 Å². The number of Topliss-reactive ketones (excluding diaryl/α,β-unsaturated/α-hetero) is 1. The summed E-state index contributed by atoms with van der Waals surface area (Å²) in [5.74, 6) is 0.285. The van der Waals surface area contributed by atoms with Crippen molar-refractivity contribution in [3.8, 4) is 11.3 Å². The SMILES string of the molecule is CCOC(=O)c1c(C)oc2c1[C@@H](C=NCc1ccco1)C(=O)c1ccccc1-2. The zero-order valence-electron chi connectivity index (χ0n) is 15.6. The molecule has 0 radical (unpaired) electrons. The molecule has 2 aromatic heterocycles. The average Bonchev–Trinajstić information content (AvgIpc) is 3.32. The van der Waals surface area contributed by atoms with Crippen LogP contribution < -0.4 is 0 Å². The van der Waals surface area contributed by atoms with E-state index in [1.807, 2.05) is 18.2 Å². The van der Waals surface area contributed by atoms with E-state index in [2.05, 4.69) is 4.99 Å². The Kier molecular flexibility index (Phi) is 4.69. The van der Waals surface area contributed by atoms with Gasteiger partial charge in [-0.1, -0.05) is 24.3 Å². The summed E-state index contributed by atoms with van der Waals surface area (Å²) in [6.07, 6.45) is 3.14. The van der Waals surface area contributed by atoms with E-state index in [1.165, 1.54) is 0 Å². The van der Waals surface area contributed by atoms with Crippen LogP contribution in [0.25, 0.3) is 11.3 Å². The summed E-state index contributed by atoms with van der Waals surface area (Å²) in [6.45, 7) is 3.98. The number of fused-ring (bicyclic) bond motifs is 3. The minimum Gasteiger partial charge on any atom is -0.467 e. The van der Waals surface area contributed by atoms with Crippen LogP contribution in [0.1, 0.15) is 50.6 Å². The number of benzene rings is 1. The molecule has 2 heterocycles. The molecule has 0 unspecified atom stereocenters. The van der Waals surface area contributed by atoms with Gasteiger partial charge in [0.1, 0.15) is 22.8 Å². The van der Waals surface area contributed by atoms with Crippen molar-refractivity contribution in [2.45, 2.75) is 26.3 Å². The predicted molar refractivity (Wildman–Crippen MR) is 103 cm³/mol. The third kappa shape index (κ3) is 2.97. The number of hydrogen-bond donors (Lipinski definition) is 0. The zero-order valence-corrected chi connectivity index (χ0v) is 15.6. The number of furan rings is 2. The molecule has 0 saturated heterocycles. The monoisotopic (exact) mass is 377 g/mol. The highest BCUT2D eigenvalue weighted by molar-refractivity contribution is 6.18. The highest BCUT2D eigenvalue weighted by Crippen LogP contribution is 2.43. The summed E-state index contributed by atoms with van der Waals surface area (Å²) in [4.78, 5) is 30.2. The summed E-state index contributed by atoms with van der Waals surface area (Å²) in [5, 5.41) is 0. The van der Waals surface area contributed by atoms with Crippen LogP contribution in [0.15, 0.2) is 56.5 Å². The highest BCUT2D eigenvalue weighted by Gasteiger charge is 2.39. The van der Waals surface area contributed by atoms with Crippen LogP contribution in [0.3, 0.4) is 0 Å². The van der Waals surface area contributed by atoms with E-state index >= 15 is 0 Å². The second-order valence-electron chi connectivity index (χ2n) is 6.45. The third-order valence-electron chi connectivity index (χ3n) is 4.71. The number of carbonyl (C=O) groups excluding carboxylic acids is 2. The van der Waals surface area contributed by atoms with Gasteiger partial charge >= 0.3 is 5.97 Å². The van der Waals surface area contributed by atoms with Crippen molar-refractivity contribution in [2.24, 2.45) is 4.99 Å². The lowest BCUT2D eigenvalue weighted by Crippen LogP contribution is -2.22. The van der Waals surface area contributed by atoms with Crippen LogP contribution in [0, 0.1) is 6.92 Å². The molecule has 142 valence electrons. The van der Waals surface area contributed by atoms with Gasteiger partial charge in [0.25, 0.3) is 0 Å². The number of carbonyl (C=O) groups is 2. The van der Waals surface area contributed by atoms with Gasteiger partial charge in [0.2, 0.25) is 0 Å². The number of aryl methyl sites for hydroxylation is 1. The number of ether oxygens (including phenoxy) is 1. The Hall–Kier alpha value is -3.41. The second kappa shape index (κ2) is 7.31. The smallest absolute Gasteiger partial charge is 0.342 e. The van der Waals surface area contributed by atoms with Crippen LogP contribution in [-0.4, -0.2) is 24.6 Å². The Morgan fingerprint density at radius 3 is 2.71 bits per heavy atom. The quantitative estimate of drug-likeness (QED) is 0.480. The number of aliphatic imine (C=N–C) groups is 1. The van der Waals surface area contributed by atoms with E-state index in [0.717, 1.165) is 0 Å². The van der Waals surface area contributed by atoms with Crippen LogP contribution >= 0.6 is 0 Å². The van der Waals surface area contributed by atoms with Gasteiger partial charge in [0.15, 0.2) is 5.78 Å². The molecule has 0 aliphatic heterocycles. The first-order chi connectivity index (χ1) is 13.6. The fraction of sp³-hybridized carbons (Fsp3) is 0.227. The molecular weight excluding hydrogens is 358 g/mol. The maximum Gasteiger partial charge on any atom is 0.342 e. The summed E-state index contributed by atoms with van der Waals surface area (Å²) < 4.78 is 16.4. The molecule has 6 heteroatoms. The molecule has 3 aromatic rings. The number of hydrogen-bond acceptors (Lipinski definition) is 6. The lowest BCUT2D eigenvalue weighted by molar-refractivity contribution is 0.0523. The first-order valence-corrected chi connectivity index (χ1v) is 9.08. The first kappa shape index (κ1) is 18.0. The molecular formula is C22H19NO5. The lowest BCUT2D eigenvalue weighted by atomic mass is 9.80. The van der Waals surface area contributed by atoms with E-state index in [0.29, 0.717) is 46.1 Å². The minimum absolute atomic E-state index is 0.127. The second-order valence-corrected chi connectivity index (χ2v) is 6.45. The summed E-state index contributed by atoms with van der Waals surface area (Å²) in [6, 6.07) is 10.8. The molecule has 4 rings (SSSR count). The van der Waals surface area contributed by atoms with Crippen LogP contribution in [0.5, 0.6) is 0 Å². The van der Waals surface area contributed by atoms with E-state index in [1.54, 1.807) is 44.5 Å². The number of esters is 1. The predicted octanol–water partition coefficient (Wildman–Crippen LogP) is 4.58. The standard InChI is InChI=1S/C22H19NO5/c1-3-26-22(25)18-13(2)28-21-16-9-5-4-8-15(16)20(24)17(19(18)21)12-23-11-14-7-6-10-27-14/h4-10,12,17H,3,11H2,1-2H3/t17-/m1/s1. The van der Waals surface area contributed by atoms with E-state index in [4.69, 9.17) is 13.6 Å². The largest absolute Gasteiger partial charge is 0.467 e. The lowest BCUT2D eigenvalue weighted by Gasteiger charge is -2.21. The Morgan fingerprint density at radius 1 is 1.21 bits per heavy atom. The molecule has 0 fully saturated rings. The van der Waals surface area contributed by atoms with Crippen LogP contribution in [0.4, 0.5) is 0 Å². The van der Waals surface area contributed by atoms with Crippen molar-refractivity contribution in [3.63, 3.8) is 0 Å². The van der Waals surface area contributed by atoms with Gasteiger partial charge in [-0.2, -0.15) is 0 Å². The Balaban J connectivity index is 1.83. The molecule has 6 nitrogen and oxygen atoms in total. The molecule has 1 aliphatic rings. The summed E-state index contributed by atoms with van der Waals surface area (Å²) >= 11 is 0. The van der Waals surface area contributed by atoms with Gasteiger partial charge in [-0.3, -0.25) is 9.79 Å². The van der Waals surface area contributed by atoms with Gasteiger partial charge in [-0.15, -0.1) is 0 Å². The first-order valence-electron chi connectivity index (χ1n) is 9.08. The van der Waals surface area contributed by atoms with Crippen molar-refractivity contribution < 1.29 is 23.2 Å². The normalized spacial score (nSPS) is 15.5. The van der Waals surface area contributed by atoms with Gasteiger partial charge in [-0.05, 0) is 26.0 Å². The maximum absolute atomic E-state index is 13.2. The van der Waals surface area contributed by atoms with E-state index < -0.39 is 11.9 Å². The molecule has 0 amide bonds. The van der Waals surface area contributed by atoms with Crippen molar-refractivity contribution >= 4 is 18.0 Å². The third-order valence-corrected chi connectivity index (χ3v) is 4.71. The molecule has 28 heavy (non-hydrogen) atoms. The molecule has 1 aromatic carbocycles. The van der Waals surface area contributed by atoms with Crippen molar-refractivity contribution in [2.75, 3.05) is 6.61 Å². The Bertz CT molecular complexity index is 1060. The number of ketones is 1. The Labute approximate surface area is 161 Å². The van der Waals surface area contributed by atoms with Gasteiger partial charge < -0.3 is 13.6 Å². The molecule has 1 aliphatic carbocycles. The molecule has 0 saturated carbocycles. The molecule has 1 atom stereocenters. The van der Waals surface area contributed by atoms with Crippen molar-refractivity contribution in [1.82, 2.24) is 0 Å². The Morgan fingerprint density at radius 2 is 2.00 bits per heavy atom. The van der Waals surface area contributed by atoms with Gasteiger partial charge in [0.05, 0.1) is 25.3 Å². The molecule has 0 spiro atoms. The fourth-order valence-corrected chi connectivity index (χ4v) is 3.50. The summed E-state index contributed by atoms with van der Waals surface area (Å²) in [5.41, 5.74) is 2.04. The van der Waals surface area contributed by atoms with Gasteiger partial charge in [-0.25, -0.2) is 4.79 Å². The highest BCUT2D eigenvalue weighted by atomic mass is 16.5. The molecule has 0 N–H and O–H groups in total. The zero-order chi connectivity index (χ0) is 19.7. The van der Waals surface area contributed by atoms with Crippen LogP contribution in [-0.2, 0) is 11.3 Å². The van der Waals surface area contributed by atoms with Crippen LogP contribution in [0.2, 0.25) is 0 Å². The van der Waals surface area contributed by atoms with Crippen molar-refractivity contribution in [1.29, 1.82) is 0 Å². The fourth-order valence-electron chi connectivity index (χ4n) is 3.50. The summed E-state index contributed by atoms with van der Waals surface area (Å²) in [7, 11) is 0.